The van der Waals surface area contributed by atoms with Crippen molar-refractivity contribution in [2.45, 2.75) is 45.7 Å². The summed E-state index contributed by atoms with van der Waals surface area (Å²) in [5, 5.41) is 0. The maximum Gasteiger partial charge on any atom is 0.257 e. The van der Waals surface area contributed by atoms with Crippen LogP contribution in [0.1, 0.15) is 44.2 Å². The maximum absolute atomic E-state index is 13.1. The second-order valence-electron chi connectivity index (χ2n) is 7.87. The number of nitrogens with zero attached hydrogens (tertiary/aromatic N) is 2. The molecule has 1 saturated heterocycles. The molecule has 0 spiro atoms. The van der Waals surface area contributed by atoms with Gasteiger partial charge >= 0.3 is 0 Å². The lowest BCUT2D eigenvalue weighted by Crippen LogP contribution is -2.44. The zero-order chi connectivity index (χ0) is 21.4. The van der Waals surface area contributed by atoms with Crippen LogP contribution in [0.15, 0.2) is 42.5 Å². The van der Waals surface area contributed by atoms with E-state index in [4.69, 9.17) is 9.47 Å². The summed E-state index contributed by atoms with van der Waals surface area (Å²) in [4.78, 5) is 40.8. The summed E-state index contributed by atoms with van der Waals surface area (Å²) in [5.74, 6) is 0.656. The lowest BCUT2D eigenvalue weighted by molar-refractivity contribution is -0.137. The SMILES string of the molecule is CC(=O)N(Cc1ccc2c(c1)OCO2)C1CC(=O)N(c2ccc(C(C)C)cc2)C1=O. The van der Waals surface area contributed by atoms with Gasteiger partial charge in [0.15, 0.2) is 11.5 Å². The van der Waals surface area contributed by atoms with Gasteiger partial charge in [-0.1, -0.05) is 32.0 Å². The Morgan fingerprint density at radius 1 is 1.10 bits per heavy atom. The Morgan fingerprint density at radius 3 is 2.47 bits per heavy atom. The number of hydrogen-bond acceptors (Lipinski definition) is 5. The molecule has 2 heterocycles. The van der Waals surface area contributed by atoms with Gasteiger partial charge in [-0.25, -0.2) is 4.90 Å². The largest absolute Gasteiger partial charge is 0.454 e. The molecule has 7 nitrogen and oxygen atoms in total. The molecule has 7 heteroatoms. The molecule has 0 saturated carbocycles. The van der Waals surface area contributed by atoms with E-state index in [1.54, 1.807) is 24.3 Å². The molecule has 2 aromatic carbocycles. The maximum atomic E-state index is 13.1. The Labute approximate surface area is 175 Å². The Hall–Kier alpha value is -3.35. The molecule has 0 aliphatic carbocycles. The minimum Gasteiger partial charge on any atom is -0.454 e. The Morgan fingerprint density at radius 2 is 1.80 bits per heavy atom. The third-order valence-electron chi connectivity index (χ3n) is 5.51. The Balaban J connectivity index is 1.56. The summed E-state index contributed by atoms with van der Waals surface area (Å²) in [6.07, 6.45) is -0.0328. The summed E-state index contributed by atoms with van der Waals surface area (Å²) in [6, 6.07) is 12.0. The van der Waals surface area contributed by atoms with Crippen LogP contribution in [0.5, 0.6) is 11.5 Å². The molecule has 0 aromatic heterocycles. The predicted octanol–water partition coefficient (Wildman–Crippen LogP) is 3.22. The standard InChI is InChI=1S/C23H24N2O5/c1-14(2)17-5-7-18(8-6-17)25-22(27)11-19(23(25)28)24(15(3)26)12-16-4-9-20-21(10-16)30-13-29-20/h4-10,14,19H,11-13H2,1-3H3. The zero-order valence-electron chi connectivity index (χ0n) is 17.3. The number of fused-ring (bicyclic) bond motifs is 1. The molecule has 0 N–H and O–H groups in total. The number of anilines is 1. The fourth-order valence-electron chi connectivity index (χ4n) is 3.82. The Bertz CT molecular complexity index is 999. The predicted molar refractivity (Wildman–Crippen MR) is 110 cm³/mol. The lowest BCUT2D eigenvalue weighted by atomic mass is 10.0. The van der Waals surface area contributed by atoms with Crippen molar-refractivity contribution in [2.75, 3.05) is 11.7 Å². The van der Waals surface area contributed by atoms with E-state index in [1.165, 1.54) is 16.7 Å². The van der Waals surface area contributed by atoms with Crippen LogP contribution in [0.4, 0.5) is 5.69 Å². The second kappa shape index (κ2) is 7.82. The summed E-state index contributed by atoms with van der Waals surface area (Å²) in [6.45, 7) is 5.94. The van der Waals surface area contributed by atoms with Gasteiger partial charge in [-0.15, -0.1) is 0 Å². The van der Waals surface area contributed by atoms with Crippen molar-refractivity contribution in [2.24, 2.45) is 0 Å². The molecule has 1 fully saturated rings. The van der Waals surface area contributed by atoms with Crippen LogP contribution in [-0.4, -0.2) is 35.5 Å². The van der Waals surface area contributed by atoms with E-state index < -0.39 is 6.04 Å². The first-order valence-electron chi connectivity index (χ1n) is 9.97. The highest BCUT2D eigenvalue weighted by Crippen LogP contribution is 2.34. The summed E-state index contributed by atoms with van der Waals surface area (Å²) in [7, 11) is 0. The van der Waals surface area contributed by atoms with Crippen molar-refractivity contribution >= 4 is 23.4 Å². The monoisotopic (exact) mass is 408 g/mol. The van der Waals surface area contributed by atoms with Gasteiger partial charge in [-0.2, -0.15) is 0 Å². The van der Waals surface area contributed by atoms with Crippen molar-refractivity contribution in [3.63, 3.8) is 0 Å². The minimum absolute atomic E-state index is 0.0328. The second-order valence-corrected chi connectivity index (χ2v) is 7.87. The lowest BCUT2D eigenvalue weighted by Gasteiger charge is -2.26. The summed E-state index contributed by atoms with van der Waals surface area (Å²) >= 11 is 0. The van der Waals surface area contributed by atoms with Gasteiger partial charge in [0.1, 0.15) is 6.04 Å². The number of hydrogen-bond donors (Lipinski definition) is 0. The fourth-order valence-corrected chi connectivity index (χ4v) is 3.82. The number of rotatable bonds is 5. The number of carbonyl (C=O) groups is 3. The van der Waals surface area contributed by atoms with Gasteiger partial charge in [0.2, 0.25) is 18.6 Å². The van der Waals surface area contributed by atoms with E-state index in [0.717, 1.165) is 11.1 Å². The summed E-state index contributed by atoms with van der Waals surface area (Å²) < 4.78 is 10.7. The minimum atomic E-state index is -0.829. The van der Waals surface area contributed by atoms with Gasteiger partial charge in [0.05, 0.1) is 12.1 Å². The third-order valence-corrected chi connectivity index (χ3v) is 5.51. The number of carbonyl (C=O) groups excluding carboxylic acids is 3. The van der Waals surface area contributed by atoms with E-state index >= 15 is 0 Å². The van der Waals surface area contributed by atoms with E-state index in [9.17, 15) is 14.4 Å². The average molecular weight is 408 g/mol. The third kappa shape index (κ3) is 3.63. The fraction of sp³-hybridized carbons (Fsp3) is 0.348. The van der Waals surface area contributed by atoms with Crippen LogP contribution in [0.25, 0.3) is 0 Å². The van der Waals surface area contributed by atoms with E-state index in [-0.39, 0.29) is 37.5 Å². The molecule has 0 radical (unpaired) electrons. The van der Waals surface area contributed by atoms with Crippen LogP contribution < -0.4 is 14.4 Å². The first-order valence-corrected chi connectivity index (χ1v) is 9.97. The highest BCUT2D eigenvalue weighted by Gasteiger charge is 2.43. The van der Waals surface area contributed by atoms with Crippen LogP contribution in [-0.2, 0) is 20.9 Å². The van der Waals surface area contributed by atoms with Crippen LogP contribution in [0, 0.1) is 0 Å². The van der Waals surface area contributed by atoms with Gasteiger partial charge in [0, 0.05) is 13.5 Å². The van der Waals surface area contributed by atoms with Crippen LogP contribution in [0.3, 0.4) is 0 Å². The number of ether oxygens (including phenoxy) is 2. The Kier molecular flexibility index (Phi) is 5.20. The number of amides is 3. The molecule has 2 aromatic rings. The van der Waals surface area contributed by atoms with Crippen molar-refractivity contribution in [3.05, 3.63) is 53.6 Å². The first-order chi connectivity index (χ1) is 14.3. The van der Waals surface area contributed by atoms with Crippen LogP contribution in [0.2, 0.25) is 0 Å². The number of benzene rings is 2. The molecule has 30 heavy (non-hydrogen) atoms. The smallest absolute Gasteiger partial charge is 0.257 e. The topological polar surface area (TPSA) is 76.2 Å². The molecule has 0 bridgehead atoms. The van der Waals surface area contributed by atoms with Gasteiger partial charge in [-0.3, -0.25) is 14.4 Å². The molecular formula is C23H24N2O5. The molecular weight excluding hydrogens is 384 g/mol. The van der Waals surface area contributed by atoms with Crippen molar-refractivity contribution in [1.82, 2.24) is 4.90 Å². The molecule has 2 aliphatic heterocycles. The molecule has 4 rings (SSSR count). The number of imide groups is 1. The normalized spacial score (nSPS) is 17.7. The molecule has 3 amide bonds. The quantitative estimate of drug-likeness (QED) is 0.710. The van der Waals surface area contributed by atoms with Gasteiger partial charge in [-0.05, 0) is 41.3 Å². The molecule has 1 unspecified atom stereocenters. The van der Waals surface area contributed by atoms with Gasteiger partial charge < -0.3 is 14.4 Å². The van der Waals surface area contributed by atoms with Gasteiger partial charge in [0.25, 0.3) is 5.91 Å². The molecule has 156 valence electrons. The van der Waals surface area contributed by atoms with Crippen molar-refractivity contribution in [1.29, 1.82) is 0 Å². The summed E-state index contributed by atoms with van der Waals surface area (Å²) in [5.41, 5.74) is 2.46. The highest BCUT2D eigenvalue weighted by molar-refractivity contribution is 6.23. The van der Waals surface area contributed by atoms with E-state index in [2.05, 4.69) is 13.8 Å². The van der Waals surface area contributed by atoms with Crippen LogP contribution >= 0.6 is 0 Å². The highest BCUT2D eigenvalue weighted by atomic mass is 16.7. The molecule has 1 atom stereocenters. The van der Waals surface area contributed by atoms with Crippen molar-refractivity contribution in [3.8, 4) is 11.5 Å². The van der Waals surface area contributed by atoms with Crippen molar-refractivity contribution < 1.29 is 23.9 Å². The average Bonchev–Trinajstić information content (AvgIpc) is 3.29. The molecule has 2 aliphatic rings. The first kappa shape index (κ1) is 19.9. The van der Waals surface area contributed by atoms with E-state index in [1.807, 2.05) is 18.2 Å². The van der Waals surface area contributed by atoms with E-state index in [0.29, 0.717) is 23.1 Å². The zero-order valence-corrected chi connectivity index (χ0v) is 17.3.